The van der Waals surface area contributed by atoms with Crippen molar-refractivity contribution in [2.75, 3.05) is 0 Å². The van der Waals surface area contributed by atoms with Gasteiger partial charge in [-0.1, -0.05) is 20.8 Å². The van der Waals surface area contributed by atoms with Gasteiger partial charge >= 0.3 is 0 Å². The SMILES string of the molecule is CC1C[C@@H](C)[C@@H](C)CC1F. The summed E-state index contributed by atoms with van der Waals surface area (Å²) >= 11 is 0. The molecule has 0 nitrogen and oxygen atoms in total. The highest BCUT2D eigenvalue weighted by molar-refractivity contribution is 4.79. The minimum atomic E-state index is -0.536. The van der Waals surface area contributed by atoms with E-state index in [4.69, 9.17) is 0 Å². The molecule has 1 heteroatoms. The summed E-state index contributed by atoms with van der Waals surface area (Å²) in [6.45, 7) is 6.41. The van der Waals surface area contributed by atoms with Gasteiger partial charge in [0.15, 0.2) is 0 Å². The third-order valence-corrected chi connectivity index (χ3v) is 2.93. The zero-order valence-electron chi connectivity index (χ0n) is 7.10. The Morgan fingerprint density at radius 1 is 0.900 bits per heavy atom. The maximum absolute atomic E-state index is 13.0. The predicted octanol–water partition coefficient (Wildman–Crippen LogP) is 3.03. The quantitative estimate of drug-likeness (QED) is 0.490. The lowest BCUT2D eigenvalue weighted by molar-refractivity contribution is 0.104. The number of halogens is 1. The van der Waals surface area contributed by atoms with Crippen LogP contribution in [0.5, 0.6) is 0 Å². The van der Waals surface area contributed by atoms with Crippen LogP contribution < -0.4 is 0 Å². The van der Waals surface area contributed by atoms with E-state index in [-0.39, 0.29) is 0 Å². The summed E-state index contributed by atoms with van der Waals surface area (Å²) in [6.07, 6.45) is 1.32. The van der Waals surface area contributed by atoms with E-state index in [9.17, 15) is 4.39 Å². The van der Waals surface area contributed by atoms with E-state index in [1.165, 1.54) is 0 Å². The minimum absolute atomic E-state index is 0.297. The van der Waals surface area contributed by atoms with Crippen molar-refractivity contribution in [2.24, 2.45) is 17.8 Å². The first kappa shape index (κ1) is 8.03. The van der Waals surface area contributed by atoms with Crippen molar-refractivity contribution in [1.29, 1.82) is 0 Å². The van der Waals surface area contributed by atoms with Crippen molar-refractivity contribution in [3.8, 4) is 0 Å². The highest BCUT2D eigenvalue weighted by Gasteiger charge is 2.29. The van der Waals surface area contributed by atoms with Crippen LogP contribution in [0.15, 0.2) is 0 Å². The van der Waals surface area contributed by atoms with Crippen molar-refractivity contribution < 1.29 is 4.39 Å². The third-order valence-electron chi connectivity index (χ3n) is 2.93. The van der Waals surface area contributed by atoms with E-state index < -0.39 is 6.17 Å². The van der Waals surface area contributed by atoms with E-state index in [2.05, 4.69) is 13.8 Å². The van der Waals surface area contributed by atoms with Gasteiger partial charge in [0.05, 0.1) is 0 Å². The maximum Gasteiger partial charge on any atom is 0.103 e. The molecule has 1 fully saturated rings. The zero-order valence-corrected chi connectivity index (χ0v) is 7.10. The summed E-state index contributed by atoms with van der Waals surface area (Å²) in [5.41, 5.74) is 0. The third kappa shape index (κ3) is 1.50. The van der Waals surface area contributed by atoms with E-state index >= 15 is 0 Å². The fraction of sp³-hybridized carbons (Fsp3) is 1.00. The summed E-state index contributed by atoms with van der Waals surface area (Å²) < 4.78 is 13.0. The molecule has 0 aromatic carbocycles. The van der Waals surface area contributed by atoms with Crippen LogP contribution in [0.4, 0.5) is 4.39 Å². The van der Waals surface area contributed by atoms with Crippen LogP contribution in [0, 0.1) is 17.8 Å². The first-order valence-corrected chi connectivity index (χ1v) is 4.25. The molecule has 60 valence electrons. The van der Waals surface area contributed by atoms with Gasteiger partial charge in [-0.25, -0.2) is 4.39 Å². The molecular weight excluding hydrogens is 127 g/mol. The van der Waals surface area contributed by atoms with E-state index in [0.29, 0.717) is 11.8 Å². The van der Waals surface area contributed by atoms with Crippen LogP contribution in [-0.2, 0) is 0 Å². The minimum Gasteiger partial charge on any atom is -0.247 e. The van der Waals surface area contributed by atoms with Gasteiger partial charge in [-0.2, -0.15) is 0 Å². The lowest BCUT2D eigenvalue weighted by Gasteiger charge is -2.32. The average molecular weight is 144 g/mol. The Hall–Kier alpha value is -0.0700. The van der Waals surface area contributed by atoms with Gasteiger partial charge in [0.25, 0.3) is 0 Å². The number of hydrogen-bond donors (Lipinski definition) is 0. The maximum atomic E-state index is 13.0. The summed E-state index contributed by atoms with van der Waals surface area (Å²) in [6, 6.07) is 0. The zero-order chi connectivity index (χ0) is 7.72. The second-order valence-electron chi connectivity index (χ2n) is 3.92. The Kier molecular flexibility index (Phi) is 2.32. The van der Waals surface area contributed by atoms with E-state index in [1.54, 1.807) is 0 Å². The first-order valence-electron chi connectivity index (χ1n) is 4.25. The Labute approximate surface area is 62.8 Å². The Balaban J connectivity index is 2.46. The summed E-state index contributed by atoms with van der Waals surface area (Å²) in [5, 5.41) is 0. The summed E-state index contributed by atoms with van der Waals surface area (Å²) in [4.78, 5) is 0. The second-order valence-corrected chi connectivity index (χ2v) is 3.92. The molecule has 0 aliphatic heterocycles. The van der Waals surface area contributed by atoms with Gasteiger partial charge in [-0.3, -0.25) is 0 Å². The fourth-order valence-corrected chi connectivity index (χ4v) is 1.79. The number of alkyl halides is 1. The molecule has 1 aliphatic carbocycles. The Morgan fingerprint density at radius 2 is 1.40 bits per heavy atom. The molecule has 0 radical (unpaired) electrons. The van der Waals surface area contributed by atoms with Crippen LogP contribution in [0.3, 0.4) is 0 Å². The average Bonchev–Trinajstić information content (AvgIpc) is 1.84. The molecule has 0 saturated heterocycles. The van der Waals surface area contributed by atoms with Crippen LogP contribution in [-0.4, -0.2) is 6.17 Å². The van der Waals surface area contributed by atoms with Gasteiger partial charge in [0.1, 0.15) is 6.17 Å². The molecule has 0 amide bonds. The standard InChI is InChI=1S/C9H17F/c1-6-4-8(3)9(10)5-7(6)2/h6-9H,4-5H2,1-3H3/t6-,7+,8?,9?/m1/s1. The molecule has 0 N–H and O–H groups in total. The number of rotatable bonds is 0. The molecule has 0 aromatic heterocycles. The highest BCUT2D eigenvalue weighted by atomic mass is 19.1. The molecular formula is C9H17F. The van der Waals surface area contributed by atoms with Gasteiger partial charge in [0.2, 0.25) is 0 Å². The molecule has 2 unspecified atom stereocenters. The van der Waals surface area contributed by atoms with Crippen LogP contribution in [0.2, 0.25) is 0 Å². The topological polar surface area (TPSA) is 0 Å². The summed E-state index contributed by atoms with van der Waals surface area (Å²) in [5.74, 6) is 1.61. The van der Waals surface area contributed by atoms with Gasteiger partial charge in [0, 0.05) is 0 Å². The van der Waals surface area contributed by atoms with Crippen LogP contribution >= 0.6 is 0 Å². The van der Waals surface area contributed by atoms with Crippen molar-refractivity contribution in [3.63, 3.8) is 0 Å². The Bertz CT molecular complexity index is 85.3. The Morgan fingerprint density at radius 3 is 1.90 bits per heavy atom. The largest absolute Gasteiger partial charge is 0.247 e. The van der Waals surface area contributed by atoms with Crippen LogP contribution in [0.25, 0.3) is 0 Å². The summed E-state index contributed by atoms with van der Waals surface area (Å²) in [7, 11) is 0. The normalized spacial score (nSPS) is 49.2. The first-order chi connectivity index (χ1) is 4.61. The van der Waals surface area contributed by atoms with Crippen molar-refractivity contribution in [1.82, 2.24) is 0 Å². The van der Waals surface area contributed by atoms with Crippen molar-refractivity contribution in [3.05, 3.63) is 0 Å². The van der Waals surface area contributed by atoms with Crippen molar-refractivity contribution in [2.45, 2.75) is 39.8 Å². The van der Waals surface area contributed by atoms with Gasteiger partial charge < -0.3 is 0 Å². The molecule has 0 spiro atoms. The van der Waals surface area contributed by atoms with E-state index in [0.717, 1.165) is 18.8 Å². The second kappa shape index (κ2) is 2.89. The highest BCUT2D eigenvalue weighted by Crippen LogP contribution is 2.34. The molecule has 1 saturated carbocycles. The van der Waals surface area contributed by atoms with Crippen LogP contribution in [0.1, 0.15) is 33.6 Å². The lowest BCUT2D eigenvalue weighted by atomic mass is 9.75. The smallest absolute Gasteiger partial charge is 0.103 e. The molecule has 1 rings (SSSR count). The van der Waals surface area contributed by atoms with E-state index in [1.807, 2.05) is 6.92 Å². The molecule has 0 aromatic rings. The fourth-order valence-electron chi connectivity index (χ4n) is 1.79. The predicted molar refractivity (Wildman–Crippen MR) is 41.6 cm³/mol. The van der Waals surface area contributed by atoms with Gasteiger partial charge in [-0.15, -0.1) is 0 Å². The lowest BCUT2D eigenvalue weighted by Crippen LogP contribution is -2.28. The molecule has 0 bridgehead atoms. The molecule has 0 heterocycles. The van der Waals surface area contributed by atoms with Gasteiger partial charge in [-0.05, 0) is 30.6 Å². The molecule has 10 heavy (non-hydrogen) atoms. The number of hydrogen-bond acceptors (Lipinski definition) is 0. The molecule has 4 atom stereocenters. The molecule has 1 aliphatic rings. The monoisotopic (exact) mass is 144 g/mol. The van der Waals surface area contributed by atoms with Crippen molar-refractivity contribution >= 4 is 0 Å².